The Kier molecular flexibility index (Phi) is 5.85. The zero-order valence-corrected chi connectivity index (χ0v) is 19.2. The number of aryl methyl sites for hydroxylation is 1. The van der Waals surface area contributed by atoms with Crippen molar-refractivity contribution in [3.8, 4) is 11.3 Å². The van der Waals surface area contributed by atoms with E-state index in [9.17, 15) is 0 Å². The van der Waals surface area contributed by atoms with Crippen molar-refractivity contribution < 1.29 is 0 Å². The Morgan fingerprint density at radius 1 is 1.10 bits per heavy atom. The van der Waals surface area contributed by atoms with Crippen LogP contribution in [0, 0.1) is 12.8 Å². The number of aromatic nitrogens is 2. The summed E-state index contributed by atoms with van der Waals surface area (Å²) >= 11 is 0. The van der Waals surface area contributed by atoms with E-state index in [4.69, 9.17) is 0 Å². The molecule has 164 valence electrons. The Labute approximate surface area is 186 Å². The summed E-state index contributed by atoms with van der Waals surface area (Å²) < 4.78 is 0. The lowest BCUT2D eigenvalue weighted by Crippen LogP contribution is -2.37. The van der Waals surface area contributed by atoms with Gasteiger partial charge in [0.25, 0.3) is 0 Å². The Balaban J connectivity index is 1.39. The van der Waals surface area contributed by atoms with Crippen molar-refractivity contribution in [1.29, 1.82) is 0 Å². The van der Waals surface area contributed by atoms with Crippen LogP contribution in [0.4, 0.5) is 0 Å². The molecule has 0 spiro atoms. The lowest BCUT2D eigenvalue weighted by atomic mass is 9.87. The highest BCUT2D eigenvalue weighted by molar-refractivity contribution is 5.92. The molecule has 4 heteroatoms. The van der Waals surface area contributed by atoms with Crippen LogP contribution in [0.2, 0.25) is 0 Å². The van der Waals surface area contributed by atoms with Crippen LogP contribution in [0.3, 0.4) is 0 Å². The van der Waals surface area contributed by atoms with Crippen molar-refractivity contribution in [2.45, 2.75) is 51.9 Å². The van der Waals surface area contributed by atoms with E-state index in [-0.39, 0.29) is 0 Å². The van der Waals surface area contributed by atoms with Gasteiger partial charge < -0.3 is 15.2 Å². The molecular weight excluding hydrogens is 380 g/mol. The molecule has 0 bridgehead atoms. The van der Waals surface area contributed by atoms with Crippen LogP contribution in [-0.2, 0) is 0 Å². The quantitative estimate of drug-likeness (QED) is 0.581. The Bertz CT molecular complexity index is 1040. The summed E-state index contributed by atoms with van der Waals surface area (Å²) in [6, 6.07) is 11.5. The molecule has 1 atom stereocenters. The average Bonchev–Trinajstić information content (AvgIpc) is 3.41. The van der Waals surface area contributed by atoms with E-state index in [1.807, 2.05) is 6.20 Å². The Hall–Kier alpha value is -2.17. The largest absolute Gasteiger partial charge is 0.354 e. The first-order valence-electron chi connectivity index (χ1n) is 12.1. The normalized spacial score (nSPS) is 20.8. The van der Waals surface area contributed by atoms with Gasteiger partial charge in [0.2, 0.25) is 0 Å². The van der Waals surface area contributed by atoms with Crippen molar-refractivity contribution in [3.63, 3.8) is 0 Å². The predicted octanol–water partition coefficient (Wildman–Crippen LogP) is 5.45. The first-order valence-corrected chi connectivity index (χ1v) is 12.1. The molecule has 1 unspecified atom stereocenters. The SMILES string of the molecule is Cc1cc(-c2[nH]c3ccc(C4CCN(CC5CCNC5)CC4)cc3c2C(C)C)ccn1. The number of nitrogens with one attached hydrogen (secondary N) is 2. The van der Waals surface area contributed by atoms with Gasteiger partial charge in [0.15, 0.2) is 0 Å². The molecule has 0 amide bonds. The van der Waals surface area contributed by atoms with E-state index in [0.717, 1.165) is 11.6 Å². The molecular formula is C27H36N4. The third-order valence-electron chi connectivity index (χ3n) is 7.36. The van der Waals surface area contributed by atoms with Crippen molar-refractivity contribution in [3.05, 3.63) is 53.3 Å². The van der Waals surface area contributed by atoms with E-state index in [1.165, 1.54) is 85.3 Å². The molecule has 2 N–H and O–H groups in total. The van der Waals surface area contributed by atoms with Crippen molar-refractivity contribution in [1.82, 2.24) is 20.2 Å². The fraction of sp³-hybridized carbons (Fsp3) is 0.519. The standard InChI is InChI=1S/C27H36N4/c1-18(2)26-24-15-22(21-8-12-31(13-9-21)17-20-6-10-28-16-20)4-5-25(24)30-27(26)23-7-11-29-19(3)14-23/h4-5,7,11,14-15,18,20-21,28,30H,6,8-10,12-13,16-17H2,1-3H3. The maximum Gasteiger partial charge on any atom is 0.0501 e. The molecule has 1 aromatic carbocycles. The maximum atomic E-state index is 4.39. The number of pyridine rings is 1. The predicted molar refractivity (Wildman–Crippen MR) is 130 cm³/mol. The van der Waals surface area contributed by atoms with E-state index in [1.54, 1.807) is 0 Å². The number of hydrogen-bond acceptors (Lipinski definition) is 3. The summed E-state index contributed by atoms with van der Waals surface area (Å²) in [5.74, 6) is 2.01. The van der Waals surface area contributed by atoms with Gasteiger partial charge in [0.05, 0.1) is 5.69 Å². The first-order chi connectivity index (χ1) is 15.1. The van der Waals surface area contributed by atoms with Crippen LogP contribution >= 0.6 is 0 Å². The minimum Gasteiger partial charge on any atom is -0.354 e. The molecule has 2 saturated heterocycles. The molecule has 5 rings (SSSR count). The van der Waals surface area contributed by atoms with Gasteiger partial charge in [-0.1, -0.05) is 19.9 Å². The number of benzene rings is 1. The van der Waals surface area contributed by atoms with Crippen LogP contribution in [0.1, 0.15) is 61.8 Å². The topological polar surface area (TPSA) is 44.0 Å². The fourth-order valence-corrected chi connectivity index (χ4v) is 5.70. The summed E-state index contributed by atoms with van der Waals surface area (Å²) in [6.07, 6.45) is 5.83. The van der Waals surface area contributed by atoms with Gasteiger partial charge in [-0.15, -0.1) is 0 Å². The van der Waals surface area contributed by atoms with Crippen LogP contribution < -0.4 is 5.32 Å². The highest BCUT2D eigenvalue weighted by Gasteiger charge is 2.25. The van der Waals surface area contributed by atoms with Gasteiger partial charge in [0, 0.05) is 34.9 Å². The molecule has 2 fully saturated rings. The Morgan fingerprint density at radius 2 is 1.94 bits per heavy atom. The molecule has 4 heterocycles. The van der Waals surface area contributed by atoms with Gasteiger partial charge in [-0.2, -0.15) is 0 Å². The number of fused-ring (bicyclic) bond motifs is 1. The highest BCUT2D eigenvalue weighted by Crippen LogP contribution is 2.38. The van der Waals surface area contributed by atoms with Crippen molar-refractivity contribution in [2.75, 3.05) is 32.7 Å². The summed E-state index contributed by atoms with van der Waals surface area (Å²) in [5.41, 5.74) is 7.77. The minimum absolute atomic E-state index is 0.467. The molecule has 3 aromatic rings. The number of nitrogens with zero attached hydrogens (tertiary/aromatic N) is 2. The Morgan fingerprint density at radius 3 is 2.65 bits per heavy atom. The van der Waals surface area contributed by atoms with Gasteiger partial charge in [0.1, 0.15) is 0 Å². The van der Waals surface area contributed by atoms with Crippen molar-refractivity contribution in [2.24, 2.45) is 5.92 Å². The third kappa shape index (κ3) is 4.28. The lowest BCUT2D eigenvalue weighted by Gasteiger charge is -2.33. The summed E-state index contributed by atoms with van der Waals surface area (Å²) in [5, 5.41) is 4.91. The molecule has 0 saturated carbocycles. The molecule has 0 aliphatic carbocycles. The number of aromatic amines is 1. The van der Waals surface area contributed by atoms with Gasteiger partial charge in [-0.05, 0) is 106 Å². The molecule has 31 heavy (non-hydrogen) atoms. The van der Waals surface area contributed by atoms with Crippen LogP contribution in [0.15, 0.2) is 36.5 Å². The van der Waals surface area contributed by atoms with Crippen LogP contribution in [-0.4, -0.2) is 47.6 Å². The van der Waals surface area contributed by atoms with Crippen LogP contribution in [0.5, 0.6) is 0 Å². The highest BCUT2D eigenvalue weighted by atomic mass is 15.1. The minimum atomic E-state index is 0.467. The second kappa shape index (κ2) is 8.76. The van der Waals surface area contributed by atoms with Gasteiger partial charge >= 0.3 is 0 Å². The van der Waals surface area contributed by atoms with Gasteiger partial charge in [-0.25, -0.2) is 0 Å². The molecule has 2 aromatic heterocycles. The van der Waals surface area contributed by atoms with Crippen molar-refractivity contribution >= 4 is 10.9 Å². The molecule has 4 nitrogen and oxygen atoms in total. The van der Waals surface area contributed by atoms with E-state index in [0.29, 0.717) is 11.8 Å². The number of H-pyrrole nitrogens is 1. The number of rotatable bonds is 5. The number of likely N-dealkylation sites (tertiary alicyclic amines) is 1. The maximum absolute atomic E-state index is 4.39. The van der Waals surface area contributed by atoms with E-state index < -0.39 is 0 Å². The average molecular weight is 417 g/mol. The lowest BCUT2D eigenvalue weighted by molar-refractivity contribution is 0.187. The van der Waals surface area contributed by atoms with E-state index in [2.05, 4.69) is 71.3 Å². The fourth-order valence-electron chi connectivity index (χ4n) is 5.70. The number of piperidine rings is 1. The third-order valence-corrected chi connectivity index (χ3v) is 7.36. The molecule has 2 aliphatic rings. The second-order valence-electron chi connectivity index (χ2n) is 9.99. The summed E-state index contributed by atoms with van der Waals surface area (Å²) in [4.78, 5) is 10.8. The zero-order valence-electron chi connectivity index (χ0n) is 19.2. The first kappa shape index (κ1) is 20.7. The van der Waals surface area contributed by atoms with Gasteiger partial charge in [-0.3, -0.25) is 4.98 Å². The summed E-state index contributed by atoms with van der Waals surface area (Å²) in [6.45, 7) is 12.9. The van der Waals surface area contributed by atoms with Crippen LogP contribution in [0.25, 0.3) is 22.2 Å². The molecule has 2 aliphatic heterocycles. The monoisotopic (exact) mass is 416 g/mol. The van der Waals surface area contributed by atoms with E-state index >= 15 is 0 Å². The number of hydrogen-bond donors (Lipinski definition) is 2. The molecule has 0 radical (unpaired) electrons. The zero-order chi connectivity index (χ0) is 21.4. The smallest absolute Gasteiger partial charge is 0.0501 e. The second-order valence-corrected chi connectivity index (χ2v) is 9.99. The summed E-state index contributed by atoms with van der Waals surface area (Å²) in [7, 11) is 0.